The SMILES string of the molecule is CN(C(=O)C(C)(F)F)C(C)(C)C#N. The van der Waals surface area contributed by atoms with Gasteiger partial charge in [-0.1, -0.05) is 0 Å². The smallest absolute Gasteiger partial charge is 0.322 e. The largest absolute Gasteiger partial charge is 0.322 e. The zero-order valence-electron chi connectivity index (χ0n) is 8.06. The van der Waals surface area contributed by atoms with Crippen molar-refractivity contribution in [2.45, 2.75) is 32.2 Å². The number of amides is 1. The summed E-state index contributed by atoms with van der Waals surface area (Å²) in [5, 5.41) is 8.59. The van der Waals surface area contributed by atoms with Crippen molar-refractivity contribution in [1.82, 2.24) is 4.90 Å². The normalized spacial score (nSPS) is 12.1. The lowest BCUT2D eigenvalue weighted by atomic mass is 10.1. The molecule has 0 fully saturated rings. The molecule has 0 radical (unpaired) electrons. The van der Waals surface area contributed by atoms with Crippen molar-refractivity contribution in [3.05, 3.63) is 0 Å². The summed E-state index contributed by atoms with van der Waals surface area (Å²) >= 11 is 0. The molecule has 0 spiro atoms. The van der Waals surface area contributed by atoms with Crippen molar-refractivity contribution in [2.24, 2.45) is 0 Å². The Bertz CT molecular complexity index is 250. The van der Waals surface area contributed by atoms with E-state index >= 15 is 0 Å². The predicted molar refractivity (Wildman–Crippen MR) is 43.1 cm³/mol. The van der Waals surface area contributed by atoms with Gasteiger partial charge in [-0.05, 0) is 13.8 Å². The van der Waals surface area contributed by atoms with Gasteiger partial charge in [0.25, 0.3) is 5.91 Å². The summed E-state index contributed by atoms with van der Waals surface area (Å²) in [5.41, 5.74) is -1.21. The van der Waals surface area contributed by atoms with Crippen LogP contribution >= 0.6 is 0 Å². The number of nitriles is 1. The molecule has 0 rings (SSSR count). The molecule has 3 nitrogen and oxygen atoms in total. The second-order valence-electron chi connectivity index (χ2n) is 3.42. The van der Waals surface area contributed by atoms with Gasteiger partial charge < -0.3 is 4.90 Å². The van der Waals surface area contributed by atoms with Crippen LogP contribution in [0.2, 0.25) is 0 Å². The Balaban J connectivity index is 4.75. The minimum atomic E-state index is -3.43. The van der Waals surface area contributed by atoms with Crippen molar-refractivity contribution >= 4 is 5.91 Å². The number of nitrogens with zero attached hydrogens (tertiary/aromatic N) is 2. The first-order valence-electron chi connectivity index (χ1n) is 3.70. The fraction of sp³-hybridized carbons (Fsp3) is 0.750. The molecule has 0 aromatic heterocycles. The van der Waals surface area contributed by atoms with Gasteiger partial charge in [0.15, 0.2) is 0 Å². The van der Waals surface area contributed by atoms with Crippen molar-refractivity contribution < 1.29 is 13.6 Å². The summed E-state index contributed by atoms with van der Waals surface area (Å²) in [6, 6.07) is 1.77. The van der Waals surface area contributed by atoms with Gasteiger partial charge in [-0.3, -0.25) is 4.79 Å². The van der Waals surface area contributed by atoms with Crippen LogP contribution < -0.4 is 0 Å². The van der Waals surface area contributed by atoms with E-state index in [-0.39, 0.29) is 0 Å². The van der Waals surface area contributed by atoms with Gasteiger partial charge in [0.2, 0.25) is 0 Å². The summed E-state index contributed by atoms with van der Waals surface area (Å²) in [6.07, 6.45) is 0. The standard InChI is InChI=1S/C8H12F2N2O/c1-7(2,5-11)12(4)6(13)8(3,9)10/h1-4H3. The number of hydrogen-bond donors (Lipinski definition) is 0. The van der Waals surface area contributed by atoms with Gasteiger partial charge in [-0.25, -0.2) is 0 Å². The highest BCUT2D eigenvalue weighted by Crippen LogP contribution is 2.20. The minimum absolute atomic E-state index is 0.513. The zero-order chi connectivity index (χ0) is 10.9. The molecule has 1 amide bonds. The highest BCUT2D eigenvalue weighted by molar-refractivity contribution is 5.83. The van der Waals surface area contributed by atoms with E-state index in [2.05, 4.69) is 0 Å². The predicted octanol–water partition coefficient (Wildman–Crippen LogP) is 1.40. The highest BCUT2D eigenvalue weighted by atomic mass is 19.3. The summed E-state index contributed by atoms with van der Waals surface area (Å²) in [6.45, 7) is 3.31. The number of carbonyl (C=O) groups is 1. The molecule has 0 unspecified atom stereocenters. The molecule has 0 atom stereocenters. The van der Waals surface area contributed by atoms with Gasteiger partial charge in [0.1, 0.15) is 5.54 Å². The van der Waals surface area contributed by atoms with Crippen LogP contribution in [0.1, 0.15) is 20.8 Å². The van der Waals surface area contributed by atoms with Crippen LogP contribution in [0.25, 0.3) is 0 Å². The van der Waals surface area contributed by atoms with Crippen molar-refractivity contribution in [1.29, 1.82) is 5.26 Å². The Morgan fingerprint density at radius 1 is 1.38 bits per heavy atom. The minimum Gasteiger partial charge on any atom is -0.322 e. The van der Waals surface area contributed by atoms with Gasteiger partial charge in [0.05, 0.1) is 6.07 Å². The van der Waals surface area contributed by atoms with E-state index in [4.69, 9.17) is 5.26 Å². The first-order valence-corrected chi connectivity index (χ1v) is 3.70. The Labute approximate surface area is 75.9 Å². The molecule has 0 aliphatic heterocycles. The average molecular weight is 190 g/mol. The first-order chi connectivity index (χ1) is 5.63. The fourth-order valence-corrected chi connectivity index (χ4v) is 0.623. The Morgan fingerprint density at radius 2 is 1.77 bits per heavy atom. The third-order valence-corrected chi connectivity index (χ3v) is 1.79. The number of hydrogen-bond acceptors (Lipinski definition) is 2. The van der Waals surface area contributed by atoms with E-state index in [1.54, 1.807) is 6.07 Å². The summed E-state index contributed by atoms with van der Waals surface area (Å²) < 4.78 is 25.1. The second kappa shape index (κ2) is 3.29. The molecule has 0 bridgehead atoms. The van der Waals surface area contributed by atoms with Crippen LogP contribution in [0.3, 0.4) is 0 Å². The van der Waals surface area contributed by atoms with Crippen LogP contribution in [-0.4, -0.2) is 29.3 Å². The Morgan fingerprint density at radius 3 is 2.00 bits per heavy atom. The third-order valence-electron chi connectivity index (χ3n) is 1.79. The van der Waals surface area contributed by atoms with Crippen LogP contribution in [0.15, 0.2) is 0 Å². The van der Waals surface area contributed by atoms with Gasteiger partial charge in [-0.15, -0.1) is 0 Å². The zero-order valence-corrected chi connectivity index (χ0v) is 8.06. The molecule has 0 N–H and O–H groups in total. The Hall–Kier alpha value is -1.18. The van der Waals surface area contributed by atoms with Gasteiger partial charge in [-0.2, -0.15) is 14.0 Å². The number of halogens is 2. The van der Waals surface area contributed by atoms with Crippen LogP contribution in [0.5, 0.6) is 0 Å². The molecular formula is C8H12F2N2O. The molecule has 74 valence electrons. The Kier molecular flexibility index (Phi) is 2.99. The third kappa shape index (κ3) is 2.65. The number of carbonyl (C=O) groups excluding carboxylic acids is 1. The molecule has 13 heavy (non-hydrogen) atoms. The van der Waals surface area contributed by atoms with E-state index in [9.17, 15) is 13.6 Å². The maximum atomic E-state index is 12.5. The molecule has 0 aliphatic carbocycles. The lowest BCUT2D eigenvalue weighted by Crippen LogP contribution is -2.49. The summed E-state index contributed by atoms with van der Waals surface area (Å²) in [5.74, 6) is -4.78. The molecule has 0 aromatic rings. The summed E-state index contributed by atoms with van der Waals surface area (Å²) in [4.78, 5) is 11.7. The second-order valence-corrected chi connectivity index (χ2v) is 3.42. The fourth-order valence-electron chi connectivity index (χ4n) is 0.623. The molecular weight excluding hydrogens is 178 g/mol. The van der Waals surface area contributed by atoms with Crippen LogP contribution in [0.4, 0.5) is 8.78 Å². The van der Waals surface area contributed by atoms with E-state index in [1.165, 1.54) is 20.9 Å². The maximum Gasteiger partial charge on any atom is 0.322 e. The number of rotatable bonds is 2. The lowest BCUT2D eigenvalue weighted by molar-refractivity contribution is -0.156. The molecule has 5 heteroatoms. The molecule has 0 saturated heterocycles. The van der Waals surface area contributed by atoms with Crippen molar-refractivity contribution in [3.63, 3.8) is 0 Å². The quantitative estimate of drug-likeness (QED) is 0.660. The van der Waals surface area contributed by atoms with Crippen molar-refractivity contribution in [2.75, 3.05) is 7.05 Å². The van der Waals surface area contributed by atoms with Gasteiger partial charge >= 0.3 is 5.92 Å². The average Bonchev–Trinajstić information content (AvgIpc) is 2.00. The highest BCUT2D eigenvalue weighted by Gasteiger charge is 2.40. The molecule has 0 heterocycles. The summed E-state index contributed by atoms with van der Waals surface area (Å²) in [7, 11) is 1.18. The monoisotopic (exact) mass is 190 g/mol. The first kappa shape index (κ1) is 11.8. The van der Waals surface area contributed by atoms with Crippen LogP contribution in [-0.2, 0) is 4.79 Å². The van der Waals surface area contributed by atoms with Crippen molar-refractivity contribution in [3.8, 4) is 6.07 Å². The van der Waals surface area contributed by atoms with E-state index in [0.29, 0.717) is 6.92 Å². The molecule has 0 aromatic carbocycles. The lowest BCUT2D eigenvalue weighted by Gasteiger charge is -2.30. The number of alkyl halides is 2. The van der Waals surface area contributed by atoms with E-state index in [0.717, 1.165) is 4.90 Å². The van der Waals surface area contributed by atoms with Gasteiger partial charge in [0, 0.05) is 14.0 Å². The molecule has 0 aliphatic rings. The maximum absolute atomic E-state index is 12.5. The van der Waals surface area contributed by atoms with Crippen LogP contribution in [0, 0.1) is 11.3 Å². The molecule has 0 saturated carbocycles. The van der Waals surface area contributed by atoms with E-state index < -0.39 is 17.4 Å². The topological polar surface area (TPSA) is 44.1 Å². The van der Waals surface area contributed by atoms with E-state index in [1.807, 2.05) is 0 Å².